The monoisotopic (exact) mass is 464 g/mol. The maximum absolute atomic E-state index is 11.5. The van der Waals surface area contributed by atoms with Gasteiger partial charge in [0.15, 0.2) is 11.6 Å². The number of alkyl halides is 1. The van der Waals surface area contributed by atoms with Crippen molar-refractivity contribution in [2.24, 2.45) is 0 Å². The van der Waals surface area contributed by atoms with E-state index in [0.29, 0.717) is 5.33 Å². The van der Waals surface area contributed by atoms with Crippen molar-refractivity contribution < 1.29 is 9.59 Å². The molecule has 0 spiro atoms. The second-order valence-electron chi connectivity index (χ2n) is 7.49. The number of carbonyl (C=O) groups excluding carboxylic acids is 2. The van der Waals surface area contributed by atoms with Gasteiger partial charge in [-0.25, -0.2) is 0 Å². The smallest absolute Gasteiger partial charge is 0.173 e. The van der Waals surface area contributed by atoms with Gasteiger partial charge >= 0.3 is 0 Å². The SMILES string of the molecule is CC(=O)c1ccc2c(c1)CCCC2.O=C(CBr)c1ccc2c(c1)CCCC2.[3H]P[3H]. The van der Waals surface area contributed by atoms with Crippen LogP contribution in [-0.4, -0.2) is 19.5 Å². The molecule has 0 aliphatic heterocycles. The van der Waals surface area contributed by atoms with Gasteiger partial charge in [0.1, 0.15) is 0 Å². The van der Waals surface area contributed by atoms with Crippen LogP contribution in [0.2, 0.25) is 0 Å². The number of fused-ring (bicyclic) bond motifs is 2. The van der Waals surface area contributed by atoms with Gasteiger partial charge in [-0.2, -0.15) is 9.79 Å². The molecule has 150 valence electrons. The Labute approximate surface area is 182 Å². The first kappa shape index (κ1) is 20.0. The summed E-state index contributed by atoms with van der Waals surface area (Å²) in [6.45, 7) is 1.63. The van der Waals surface area contributed by atoms with Crippen molar-refractivity contribution >= 4 is 37.3 Å². The van der Waals surface area contributed by atoms with Crippen molar-refractivity contribution in [3.05, 3.63) is 69.8 Å². The third kappa shape index (κ3) is 5.84. The largest absolute Gasteiger partial charge is 0.295 e. The molecule has 0 aromatic heterocycles. The van der Waals surface area contributed by atoms with E-state index in [-0.39, 0.29) is 11.6 Å². The molecule has 4 heteroatoms. The van der Waals surface area contributed by atoms with Crippen molar-refractivity contribution in [3.8, 4) is 0 Å². The van der Waals surface area contributed by atoms with Crippen LogP contribution in [0, 0.1) is 0 Å². The average molecular weight is 465 g/mol. The van der Waals surface area contributed by atoms with Gasteiger partial charge in [0.25, 0.3) is 0 Å². The minimum Gasteiger partial charge on any atom is -0.295 e. The fourth-order valence-corrected chi connectivity index (χ4v) is 4.26. The van der Waals surface area contributed by atoms with Crippen LogP contribution in [0.25, 0.3) is 0 Å². The van der Waals surface area contributed by atoms with Gasteiger partial charge in [-0.3, -0.25) is 9.59 Å². The molecule has 2 aromatic rings. The van der Waals surface area contributed by atoms with Gasteiger partial charge in [-0.1, -0.05) is 40.2 Å². The minimum atomic E-state index is -0.417. The Morgan fingerprint density at radius 1 is 0.857 bits per heavy atom. The molecular weight excluding hydrogens is 431 g/mol. The quantitative estimate of drug-likeness (QED) is 0.318. The number of Topliss-reactive ketones (excluding diaryl/α,β-unsaturated/α-hetero) is 2. The topological polar surface area (TPSA) is 34.1 Å². The first-order valence-corrected chi connectivity index (χ1v) is 11.0. The average Bonchev–Trinajstić information content (AvgIpc) is 2.78. The Balaban J connectivity index is 0.000000190. The predicted octanol–water partition coefficient (Wildman–Crippen LogP) is 5.97. The maximum Gasteiger partial charge on any atom is 0.173 e. The van der Waals surface area contributed by atoms with E-state index in [9.17, 15) is 9.59 Å². The molecule has 0 saturated carbocycles. The number of aryl methyl sites for hydroxylation is 4. The Hall–Kier alpha value is -1.31. The van der Waals surface area contributed by atoms with Crippen LogP contribution in [0.5, 0.6) is 0 Å². The van der Waals surface area contributed by atoms with Crippen molar-refractivity contribution in [1.82, 2.24) is 0 Å². The van der Waals surface area contributed by atoms with Crippen LogP contribution in [0.1, 0.15) is 75.6 Å². The van der Waals surface area contributed by atoms with E-state index in [0.717, 1.165) is 24.0 Å². The third-order valence-corrected chi connectivity index (χ3v) is 6.06. The molecule has 0 fully saturated rings. The maximum atomic E-state index is 11.5. The number of hydrogen-bond donors (Lipinski definition) is 0. The number of halogens is 1. The molecule has 0 heterocycles. The fraction of sp³-hybridized carbons (Fsp3) is 0.417. The van der Waals surface area contributed by atoms with Gasteiger partial charge in [-0.05, 0) is 92.7 Å². The standard InChI is InChI=1S/C12H13BrO.C12H14O.H3P/c13-8-12(14)11-6-5-9-3-1-2-4-10(9)7-11;1-9(13)11-7-6-10-4-2-3-5-12(10)8-11;/h5-7H,1-4,8H2;6-8H,2-5H2,1H3;1H3/i;;1T2. The summed E-state index contributed by atoms with van der Waals surface area (Å²) in [5.41, 5.74) is 7.35. The van der Waals surface area contributed by atoms with Crippen molar-refractivity contribution in [3.63, 3.8) is 0 Å². The van der Waals surface area contributed by atoms with Crippen LogP contribution < -0.4 is 0 Å². The van der Waals surface area contributed by atoms with Crippen LogP contribution in [-0.2, 0) is 25.7 Å². The van der Waals surface area contributed by atoms with Crippen molar-refractivity contribution in [1.29, 1.82) is 2.56 Å². The Morgan fingerprint density at radius 2 is 1.29 bits per heavy atom. The predicted molar refractivity (Wildman–Crippen MR) is 125 cm³/mol. The minimum absolute atomic E-state index is 0.174. The lowest BCUT2D eigenvalue weighted by Gasteiger charge is -2.15. The molecule has 0 atom stereocenters. The second kappa shape index (κ2) is 11.0. The van der Waals surface area contributed by atoms with Gasteiger partial charge in [-0.15, -0.1) is 0 Å². The third-order valence-electron chi connectivity index (χ3n) is 5.55. The second-order valence-corrected chi connectivity index (χ2v) is 8.05. The van der Waals surface area contributed by atoms with E-state index in [1.807, 2.05) is 12.1 Å². The number of carbonyl (C=O) groups is 2. The molecule has 0 unspecified atom stereocenters. The zero-order valence-electron chi connectivity index (χ0n) is 18.5. The zero-order chi connectivity index (χ0) is 21.9. The van der Waals surface area contributed by atoms with Crippen LogP contribution in [0.3, 0.4) is 0 Å². The molecule has 0 radical (unpaired) electrons. The Kier molecular flexibility index (Phi) is 7.87. The summed E-state index contributed by atoms with van der Waals surface area (Å²) < 4.78 is 11.8. The summed E-state index contributed by atoms with van der Waals surface area (Å²) in [5, 5.41) is 0.422. The molecule has 0 amide bonds. The molecule has 2 nitrogen and oxygen atoms in total. The van der Waals surface area contributed by atoms with Crippen molar-refractivity contribution in [2.45, 2.75) is 58.3 Å². The van der Waals surface area contributed by atoms with Gasteiger partial charge in [0, 0.05) is 11.1 Å². The summed E-state index contributed by atoms with van der Waals surface area (Å²) in [6, 6.07) is 12.3. The summed E-state index contributed by atoms with van der Waals surface area (Å²) in [5.74, 6) is 0.353. The zero-order valence-corrected chi connectivity index (χ0v) is 19.1. The highest BCUT2D eigenvalue weighted by Gasteiger charge is 2.12. The van der Waals surface area contributed by atoms with E-state index in [1.165, 1.54) is 60.8 Å². The first-order chi connectivity index (χ1) is 14.5. The van der Waals surface area contributed by atoms with Gasteiger partial charge in [0.05, 0.1) is 7.89 Å². The molecule has 0 N–H and O–H groups in total. The van der Waals surface area contributed by atoms with E-state index in [2.05, 4.69) is 40.2 Å². The molecule has 4 rings (SSSR count). The lowest BCUT2D eigenvalue weighted by Crippen LogP contribution is -2.06. The lowest BCUT2D eigenvalue weighted by molar-refractivity contribution is 0.101. The van der Waals surface area contributed by atoms with Crippen LogP contribution in [0.15, 0.2) is 36.4 Å². The van der Waals surface area contributed by atoms with E-state index in [4.69, 9.17) is 2.56 Å². The number of benzene rings is 2. The van der Waals surface area contributed by atoms with Crippen LogP contribution >= 0.6 is 25.7 Å². The molecule has 0 bridgehead atoms. The van der Waals surface area contributed by atoms with Crippen LogP contribution in [0.4, 0.5) is 0 Å². The fourth-order valence-electron chi connectivity index (χ4n) is 3.94. The number of ketones is 2. The van der Waals surface area contributed by atoms with Gasteiger partial charge in [0.2, 0.25) is 0 Å². The summed E-state index contributed by atoms with van der Waals surface area (Å²) in [4.78, 5) is 22.6. The molecule has 2 aromatic carbocycles. The summed E-state index contributed by atoms with van der Waals surface area (Å²) in [6.07, 6.45) is 9.78. The Bertz CT molecular complexity index is 870. The lowest BCUT2D eigenvalue weighted by atomic mass is 9.90. The highest BCUT2D eigenvalue weighted by Crippen LogP contribution is 2.23. The molecule has 0 saturated heterocycles. The highest BCUT2D eigenvalue weighted by atomic mass is 79.9. The normalized spacial score (nSPS) is 15.2. The van der Waals surface area contributed by atoms with Gasteiger partial charge < -0.3 is 0 Å². The van der Waals surface area contributed by atoms with E-state index >= 15 is 0 Å². The molecule has 2 aliphatic rings. The summed E-state index contributed by atoms with van der Waals surface area (Å²) >= 11 is 3.20. The highest BCUT2D eigenvalue weighted by molar-refractivity contribution is 9.09. The number of rotatable bonds is 3. The van der Waals surface area contributed by atoms with E-state index in [1.54, 1.807) is 6.92 Å². The van der Waals surface area contributed by atoms with E-state index < -0.39 is 9.79 Å². The van der Waals surface area contributed by atoms with Crippen molar-refractivity contribution in [2.75, 3.05) is 5.33 Å². The first-order valence-electron chi connectivity index (χ1n) is 10.9. The summed E-state index contributed by atoms with van der Waals surface area (Å²) in [7, 11) is -0.417. The molecule has 2 aliphatic carbocycles. The number of hydrogen-bond acceptors (Lipinski definition) is 2. The Morgan fingerprint density at radius 3 is 1.75 bits per heavy atom. The molecule has 28 heavy (non-hydrogen) atoms. The molecular formula is C24H30BrO2P.